The van der Waals surface area contributed by atoms with Crippen LogP contribution in [-0.4, -0.2) is 30.3 Å². The molecule has 0 spiro atoms. The summed E-state index contributed by atoms with van der Waals surface area (Å²) >= 11 is 12.7. The fourth-order valence-corrected chi connectivity index (χ4v) is 4.84. The molecule has 1 atom stereocenters. The molecule has 1 unspecified atom stereocenters. The van der Waals surface area contributed by atoms with Crippen molar-refractivity contribution in [1.29, 1.82) is 0 Å². The Morgan fingerprint density at radius 2 is 1.92 bits per heavy atom. The minimum atomic E-state index is -0.513. The molecule has 6 heteroatoms. The number of methoxy groups -OCH3 is 1. The summed E-state index contributed by atoms with van der Waals surface area (Å²) in [4.78, 5) is 27.8. The van der Waals surface area contributed by atoms with Gasteiger partial charge >= 0.3 is 5.97 Å². The maximum atomic E-state index is 12.9. The third kappa shape index (κ3) is 2.58. The van der Waals surface area contributed by atoms with Crippen LogP contribution in [0.15, 0.2) is 40.7 Å². The van der Waals surface area contributed by atoms with Gasteiger partial charge in [0.2, 0.25) is 0 Å². The average molecular weight is 392 g/mol. The fraction of sp³-hybridized carbons (Fsp3) is 0.400. The molecule has 4 rings (SSSR count). The first-order chi connectivity index (χ1) is 12.5. The van der Waals surface area contributed by atoms with Gasteiger partial charge in [-0.15, -0.1) is 0 Å². The number of rotatable bonds is 2. The van der Waals surface area contributed by atoms with Crippen molar-refractivity contribution >= 4 is 35.0 Å². The molecule has 2 heterocycles. The van der Waals surface area contributed by atoms with Crippen molar-refractivity contribution in [3.63, 3.8) is 0 Å². The SMILES string of the molecule is COC(=O)C1=C2CCCN2C2=C(C(=O)CCC2)C1c1cccc(Cl)c1Cl. The maximum Gasteiger partial charge on any atom is 0.336 e. The average Bonchev–Trinajstić information content (AvgIpc) is 3.12. The van der Waals surface area contributed by atoms with E-state index >= 15 is 0 Å². The standard InChI is InChI=1S/C20H19Cl2NO3/c1-26-20(25)18-14-8-4-10-23(14)13-7-3-9-15(24)17(13)16(18)11-5-2-6-12(21)19(11)22/h2,5-6,16H,3-4,7-10H2,1H3. The number of ketones is 1. The molecule has 0 bridgehead atoms. The number of esters is 1. The van der Waals surface area contributed by atoms with Crippen molar-refractivity contribution in [3.8, 4) is 0 Å². The molecule has 136 valence electrons. The van der Waals surface area contributed by atoms with Crippen molar-refractivity contribution in [2.75, 3.05) is 13.7 Å². The highest BCUT2D eigenvalue weighted by molar-refractivity contribution is 6.42. The first kappa shape index (κ1) is 17.6. The number of halogens is 2. The quantitative estimate of drug-likeness (QED) is 0.689. The zero-order valence-electron chi connectivity index (χ0n) is 14.5. The van der Waals surface area contributed by atoms with Crippen LogP contribution in [0.5, 0.6) is 0 Å². The minimum Gasteiger partial charge on any atom is -0.466 e. The second kappa shape index (κ2) is 6.75. The summed E-state index contributed by atoms with van der Waals surface area (Å²) in [7, 11) is 1.37. The summed E-state index contributed by atoms with van der Waals surface area (Å²) in [6, 6.07) is 5.36. The highest BCUT2D eigenvalue weighted by atomic mass is 35.5. The van der Waals surface area contributed by atoms with Crippen molar-refractivity contribution in [1.82, 2.24) is 4.90 Å². The van der Waals surface area contributed by atoms with Crippen LogP contribution in [0.4, 0.5) is 0 Å². The van der Waals surface area contributed by atoms with Crippen molar-refractivity contribution in [2.45, 2.75) is 38.0 Å². The van der Waals surface area contributed by atoms with Crippen molar-refractivity contribution in [3.05, 3.63) is 56.3 Å². The zero-order valence-corrected chi connectivity index (χ0v) is 16.0. The summed E-state index contributed by atoms with van der Waals surface area (Å²) in [5.41, 5.74) is 3.92. The lowest BCUT2D eigenvalue weighted by Crippen LogP contribution is -2.35. The van der Waals surface area contributed by atoms with Gasteiger partial charge in [-0.1, -0.05) is 35.3 Å². The monoisotopic (exact) mass is 391 g/mol. The zero-order chi connectivity index (χ0) is 18.4. The van der Waals surface area contributed by atoms with Crippen LogP contribution in [0.3, 0.4) is 0 Å². The number of hydrogen-bond donors (Lipinski definition) is 0. The van der Waals surface area contributed by atoms with Crippen LogP contribution in [0.2, 0.25) is 10.0 Å². The molecular formula is C20H19Cl2NO3. The molecule has 1 aromatic rings. The van der Waals surface area contributed by atoms with Gasteiger partial charge in [0.1, 0.15) is 0 Å². The Balaban J connectivity index is 2.01. The van der Waals surface area contributed by atoms with Gasteiger partial charge < -0.3 is 9.64 Å². The van der Waals surface area contributed by atoms with E-state index in [1.54, 1.807) is 12.1 Å². The van der Waals surface area contributed by atoms with E-state index in [0.717, 1.165) is 43.6 Å². The minimum absolute atomic E-state index is 0.0830. The van der Waals surface area contributed by atoms with Crippen LogP contribution < -0.4 is 0 Å². The summed E-state index contributed by atoms with van der Waals surface area (Å²) in [5, 5.41) is 0.801. The number of nitrogens with zero attached hydrogens (tertiary/aromatic N) is 1. The lowest BCUT2D eigenvalue weighted by atomic mass is 9.74. The molecule has 2 aliphatic heterocycles. The third-order valence-corrected chi connectivity index (χ3v) is 6.30. The number of fused-ring (bicyclic) bond motifs is 2. The number of allylic oxidation sites excluding steroid dienone is 3. The van der Waals surface area contributed by atoms with E-state index < -0.39 is 11.9 Å². The largest absolute Gasteiger partial charge is 0.466 e. The summed E-state index contributed by atoms with van der Waals surface area (Å²) < 4.78 is 5.10. The first-order valence-corrected chi connectivity index (χ1v) is 9.59. The molecule has 0 radical (unpaired) electrons. The smallest absolute Gasteiger partial charge is 0.336 e. The molecule has 4 nitrogen and oxygen atoms in total. The molecule has 0 saturated carbocycles. The van der Waals surface area contributed by atoms with Gasteiger partial charge in [-0.2, -0.15) is 0 Å². The molecule has 1 aromatic carbocycles. The number of ether oxygens (including phenoxy) is 1. The Labute approximate surface area is 162 Å². The van der Waals surface area contributed by atoms with Crippen molar-refractivity contribution in [2.24, 2.45) is 0 Å². The van der Waals surface area contributed by atoms with Gasteiger partial charge in [0.25, 0.3) is 0 Å². The fourth-order valence-electron chi connectivity index (χ4n) is 4.42. The first-order valence-electron chi connectivity index (χ1n) is 8.83. The molecule has 3 aliphatic rings. The Morgan fingerprint density at radius 3 is 2.69 bits per heavy atom. The maximum absolute atomic E-state index is 12.9. The third-order valence-electron chi connectivity index (χ3n) is 5.46. The number of Topliss-reactive ketones (excluding diaryl/α,β-unsaturated/α-hetero) is 1. The van der Waals surface area contributed by atoms with Gasteiger partial charge in [-0.05, 0) is 37.3 Å². The van der Waals surface area contributed by atoms with Gasteiger partial charge in [-0.3, -0.25) is 4.79 Å². The molecule has 1 fully saturated rings. The van der Waals surface area contributed by atoms with E-state index in [4.69, 9.17) is 27.9 Å². The molecule has 1 saturated heterocycles. The number of carbonyl (C=O) groups excluding carboxylic acids is 2. The molecule has 26 heavy (non-hydrogen) atoms. The number of hydrogen-bond acceptors (Lipinski definition) is 4. The second-order valence-electron chi connectivity index (χ2n) is 6.82. The lowest BCUT2D eigenvalue weighted by Gasteiger charge is -2.39. The molecular weight excluding hydrogens is 373 g/mol. The predicted octanol–water partition coefficient (Wildman–Crippen LogP) is 4.62. The van der Waals surface area contributed by atoms with E-state index in [-0.39, 0.29) is 5.78 Å². The summed E-state index contributed by atoms with van der Waals surface area (Å²) in [5.74, 6) is -0.835. The Hall–Kier alpha value is -1.78. The second-order valence-corrected chi connectivity index (χ2v) is 7.61. The van der Waals surface area contributed by atoms with Gasteiger partial charge in [0.15, 0.2) is 5.78 Å². The summed E-state index contributed by atoms with van der Waals surface area (Å²) in [6.45, 7) is 0.831. The van der Waals surface area contributed by atoms with E-state index in [2.05, 4.69) is 4.90 Å². The molecule has 0 aromatic heterocycles. The van der Waals surface area contributed by atoms with E-state index in [9.17, 15) is 9.59 Å². The van der Waals surface area contributed by atoms with Crippen molar-refractivity contribution < 1.29 is 14.3 Å². The normalized spacial score (nSPS) is 22.5. The topological polar surface area (TPSA) is 46.6 Å². The molecule has 0 N–H and O–H groups in total. The predicted molar refractivity (Wildman–Crippen MR) is 100 cm³/mol. The van der Waals surface area contributed by atoms with Crippen LogP contribution in [0.25, 0.3) is 0 Å². The highest BCUT2D eigenvalue weighted by Crippen LogP contribution is 2.50. The van der Waals surface area contributed by atoms with Gasteiger partial charge in [0, 0.05) is 35.9 Å². The van der Waals surface area contributed by atoms with Crippen LogP contribution in [-0.2, 0) is 14.3 Å². The Bertz CT molecular complexity index is 872. The lowest BCUT2D eigenvalue weighted by molar-refractivity contribution is -0.136. The molecule has 0 amide bonds. The van der Waals surface area contributed by atoms with E-state index in [1.807, 2.05) is 6.07 Å². The Kier molecular flexibility index (Phi) is 4.57. The summed E-state index contributed by atoms with van der Waals surface area (Å²) in [6.07, 6.45) is 3.92. The van der Waals surface area contributed by atoms with E-state index in [0.29, 0.717) is 33.2 Å². The highest BCUT2D eigenvalue weighted by Gasteiger charge is 2.44. The van der Waals surface area contributed by atoms with E-state index in [1.165, 1.54) is 7.11 Å². The Morgan fingerprint density at radius 1 is 1.15 bits per heavy atom. The van der Waals surface area contributed by atoms with Crippen LogP contribution >= 0.6 is 23.2 Å². The van der Waals surface area contributed by atoms with Gasteiger partial charge in [-0.25, -0.2) is 4.79 Å². The number of carbonyl (C=O) groups is 2. The van der Waals surface area contributed by atoms with Crippen LogP contribution in [0, 0.1) is 0 Å². The van der Waals surface area contributed by atoms with Gasteiger partial charge in [0.05, 0.1) is 22.7 Å². The number of benzene rings is 1. The van der Waals surface area contributed by atoms with Crippen LogP contribution in [0.1, 0.15) is 43.6 Å². The molecule has 1 aliphatic carbocycles.